The third-order valence-electron chi connectivity index (χ3n) is 7.47. The number of rotatable bonds is 3. The van der Waals surface area contributed by atoms with E-state index in [0.717, 1.165) is 47.9 Å². The summed E-state index contributed by atoms with van der Waals surface area (Å²) in [5.41, 5.74) is 2.88. The number of benzene rings is 1. The first-order valence-electron chi connectivity index (χ1n) is 11.8. The van der Waals surface area contributed by atoms with Crippen LogP contribution in [-0.4, -0.2) is 34.6 Å². The zero-order chi connectivity index (χ0) is 23.6. The molecule has 0 radical (unpaired) electrons. The molecular formula is C26H25ClN2O5. The molecule has 176 valence electrons. The van der Waals surface area contributed by atoms with Crippen molar-refractivity contribution in [3.8, 4) is 5.75 Å². The molecule has 3 aromatic rings. The largest absolute Gasteiger partial charge is 0.479 e. The zero-order valence-corrected chi connectivity index (χ0v) is 19.6. The van der Waals surface area contributed by atoms with Crippen molar-refractivity contribution in [3.05, 3.63) is 72.9 Å². The van der Waals surface area contributed by atoms with Gasteiger partial charge < -0.3 is 18.6 Å². The molecular weight excluding hydrogens is 456 g/mol. The maximum atomic E-state index is 13.3. The molecule has 6 rings (SSSR count). The Bertz CT molecular complexity index is 1440. The number of piperidine rings is 1. The van der Waals surface area contributed by atoms with Crippen LogP contribution in [0, 0.1) is 5.92 Å². The van der Waals surface area contributed by atoms with E-state index < -0.39 is 6.10 Å². The van der Waals surface area contributed by atoms with Crippen molar-refractivity contribution in [2.45, 2.75) is 51.2 Å². The molecule has 1 aliphatic carbocycles. The van der Waals surface area contributed by atoms with Crippen molar-refractivity contribution >= 4 is 28.5 Å². The number of amides is 1. The molecule has 4 heterocycles. The summed E-state index contributed by atoms with van der Waals surface area (Å²) in [7, 11) is 0. The van der Waals surface area contributed by atoms with Crippen molar-refractivity contribution in [2.24, 2.45) is 5.92 Å². The molecule has 1 amide bonds. The van der Waals surface area contributed by atoms with Crippen molar-refractivity contribution < 1.29 is 13.9 Å². The molecule has 2 aromatic heterocycles. The number of pyridine rings is 1. The Morgan fingerprint density at radius 3 is 2.82 bits per heavy atom. The fourth-order valence-electron chi connectivity index (χ4n) is 5.95. The first-order valence-corrected chi connectivity index (χ1v) is 12.2. The molecule has 1 aromatic carbocycles. The monoisotopic (exact) mass is 480 g/mol. The summed E-state index contributed by atoms with van der Waals surface area (Å²) in [5.74, 6) is 0.583. The van der Waals surface area contributed by atoms with E-state index in [0.29, 0.717) is 36.0 Å². The molecule has 2 bridgehead atoms. The van der Waals surface area contributed by atoms with Gasteiger partial charge in [0.1, 0.15) is 11.3 Å². The molecule has 1 fully saturated rings. The van der Waals surface area contributed by atoms with Crippen LogP contribution in [0.2, 0.25) is 5.02 Å². The predicted molar refractivity (Wildman–Crippen MR) is 128 cm³/mol. The molecule has 2 aliphatic heterocycles. The van der Waals surface area contributed by atoms with Crippen LogP contribution >= 0.6 is 11.6 Å². The molecule has 8 heteroatoms. The van der Waals surface area contributed by atoms with Gasteiger partial charge in [0, 0.05) is 54.3 Å². The van der Waals surface area contributed by atoms with Crippen LogP contribution in [0.4, 0.5) is 0 Å². The van der Waals surface area contributed by atoms with Crippen molar-refractivity contribution in [2.75, 3.05) is 13.1 Å². The van der Waals surface area contributed by atoms with Crippen molar-refractivity contribution in [3.63, 3.8) is 0 Å². The van der Waals surface area contributed by atoms with Crippen LogP contribution in [0.25, 0.3) is 11.0 Å². The second kappa shape index (κ2) is 8.01. The highest BCUT2D eigenvalue weighted by molar-refractivity contribution is 6.32. The number of fused-ring (bicyclic) bond motifs is 7. The summed E-state index contributed by atoms with van der Waals surface area (Å²) in [6.45, 7) is 3.49. The van der Waals surface area contributed by atoms with Crippen molar-refractivity contribution in [1.29, 1.82) is 0 Å². The van der Waals surface area contributed by atoms with E-state index in [2.05, 4.69) is 0 Å². The lowest BCUT2D eigenvalue weighted by atomic mass is 9.83. The second-order valence-corrected chi connectivity index (χ2v) is 10.1. The lowest BCUT2D eigenvalue weighted by Crippen LogP contribution is -2.52. The number of ether oxygens (including phenoxy) is 1. The third-order valence-corrected chi connectivity index (χ3v) is 7.76. The van der Waals surface area contributed by atoms with E-state index >= 15 is 0 Å². The summed E-state index contributed by atoms with van der Waals surface area (Å²) in [5, 5.41) is 1.22. The Kier molecular flexibility index (Phi) is 5.06. The number of carbonyl (C=O) groups excluding carboxylic acids is 1. The average molecular weight is 481 g/mol. The first-order chi connectivity index (χ1) is 16.4. The molecule has 1 saturated heterocycles. The van der Waals surface area contributed by atoms with Crippen LogP contribution in [-0.2, 0) is 24.2 Å². The van der Waals surface area contributed by atoms with Gasteiger partial charge in [-0.3, -0.25) is 9.59 Å². The highest BCUT2D eigenvalue weighted by Gasteiger charge is 2.37. The molecule has 7 nitrogen and oxygen atoms in total. The van der Waals surface area contributed by atoms with Gasteiger partial charge in [-0.1, -0.05) is 17.7 Å². The lowest BCUT2D eigenvalue weighted by molar-refractivity contribution is -0.140. The number of hydrogen-bond donors (Lipinski definition) is 0. The van der Waals surface area contributed by atoms with Gasteiger partial charge in [0.2, 0.25) is 0 Å². The van der Waals surface area contributed by atoms with Gasteiger partial charge in [0.25, 0.3) is 11.5 Å². The Labute approximate surface area is 200 Å². The molecule has 0 spiro atoms. The van der Waals surface area contributed by atoms with Gasteiger partial charge in [-0.25, -0.2) is 4.79 Å². The van der Waals surface area contributed by atoms with Crippen LogP contribution in [0.15, 0.2) is 44.3 Å². The van der Waals surface area contributed by atoms with E-state index in [1.165, 1.54) is 0 Å². The summed E-state index contributed by atoms with van der Waals surface area (Å²) in [6, 6.07) is 8.75. The Morgan fingerprint density at radius 2 is 1.97 bits per heavy atom. The fraction of sp³-hybridized carbons (Fsp3) is 0.423. The molecule has 3 atom stereocenters. The molecule has 3 aliphatic rings. The minimum Gasteiger partial charge on any atom is -0.479 e. The number of hydrogen-bond acceptors (Lipinski definition) is 5. The van der Waals surface area contributed by atoms with Crippen molar-refractivity contribution in [1.82, 2.24) is 9.47 Å². The lowest BCUT2D eigenvalue weighted by Gasteiger charge is -2.43. The Balaban J connectivity index is 1.24. The topological polar surface area (TPSA) is 81.8 Å². The van der Waals surface area contributed by atoms with E-state index in [1.54, 1.807) is 31.2 Å². The molecule has 0 unspecified atom stereocenters. The summed E-state index contributed by atoms with van der Waals surface area (Å²) < 4.78 is 13.4. The Hall–Kier alpha value is -3.06. The van der Waals surface area contributed by atoms with Gasteiger partial charge in [-0.2, -0.15) is 0 Å². The summed E-state index contributed by atoms with van der Waals surface area (Å²) in [4.78, 5) is 39.7. The van der Waals surface area contributed by atoms with E-state index in [4.69, 9.17) is 20.8 Å². The standard InChI is InChI=1S/C26H25ClN2O5/c1-14(25(31)28-11-15-8-16(13-28)21-6-3-7-24(30)29(21)12-15)33-23-10-22-19(9-20(23)27)17-4-2-5-18(17)26(32)34-22/h3,6-7,9-10,14-16H,2,4-5,8,11-13H2,1H3/t14-,15+,16-/m0/s1. The van der Waals surface area contributed by atoms with E-state index in [1.807, 2.05) is 15.5 Å². The molecule has 34 heavy (non-hydrogen) atoms. The number of aromatic nitrogens is 1. The first kappa shape index (κ1) is 21.5. The highest BCUT2D eigenvalue weighted by atomic mass is 35.5. The zero-order valence-electron chi connectivity index (χ0n) is 18.9. The average Bonchev–Trinajstić information content (AvgIpc) is 3.31. The van der Waals surface area contributed by atoms with Crippen LogP contribution < -0.4 is 15.9 Å². The highest BCUT2D eigenvalue weighted by Crippen LogP contribution is 2.37. The predicted octanol–water partition coefficient (Wildman–Crippen LogP) is 3.51. The number of aryl methyl sites for hydroxylation is 1. The minimum absolute atomic E-state index is 0.0203. The summed E-state index contributed by atoms with van der Waals surface area (Å²) in [6.07, 6.45) is 2.70. The van der Waals surface area contributed by atoms with Gasteiger partial charge in [0.05, 0.1) is 5.02 Å². The van der Waals surface area contributed by atoms with Gasteiger partial charge in [-0.15, -0.1) is 0 Å². The fourth-order valence-corrected chi connectivity index (χ4v) is 6.16. The van der Waals surface area contributed by atoms with Crippen LogP contribution in [0.3, 0.4) is 0 Å². The van der Waals surface area contributed by atoms with Crippen LogP contribution in [0.5, 0.6) is 5.75 Å². The Morgan fingerprint density at radius 1 is 1.15 bits per heavy atom. The number of nitrogens with zero attached hydrogens (tertiary/aromatic N) is 2. The third kappa shape index (κ3) is 3.45. The molecule has 0 N–H and O–H groups in total. The minimum atomic E-state index is -0.757. The maximum absolute atomic E-state index is 13.3. The van der Waals surface area contributed by atoms with Gasteiger partial charge in [0.15, 0.2) is 6.10 Å². The van der Waals surface area contributed by atoms with E-state index in [9.17, 15) is 14.4 Å². The SMILES string of the molecule is C[C@H](Oc1cc2oc(=O)c3c(c2cc1Cl)CCC3)C(=O)N1C[C@H]2C[C@@H](C1)c1cccc(=O)n1C2. The normalized spacial score (nSPS) is 21.8. The quantitative estimate of drug-likeness (QED) is 0.536. The summed E-state index contributed by atoms with van der Waals surface area (Å²) >= 11 is 6.53. The van der Waals surface area contributed by atoms with Gasteiger partial charge >= 0.3 is 5.63 Å². The second-order valence-electron chi connectivity index (χ2n) is 9.68. The van der Waals surface area contributed by atoms with Gasteiger partial charge in [-0.05, 0) is 56.2 Å². The molecule has 0 saturated carbocycles. The number of halogens is 1. The number of likely N-dealkylation sites (tertiary alicyclic amines) is 1. The van der Waals surface area contributed by atoms with Crippen LogP contribution in [0.1, 0.15) is 42.5 Å². The van der Waals surface area contributed by atoms with E-state index in [-0.39, 0.29) is 28.9 Å². The smallest absolute Gasteiger partial charge is 0.339 e. The maximum Gasteiger partial charge on any atom is 0.339 e. The number of carbonyl (C=O) groups is 1.